The minimum Gasteiger partial charge on any atom is -0.444 e. The number of ether oxygens (including phenoxy) is 1. The second kappa shape index (κ2) is 13.7. The summed E-state index contributed by atoms with van der Waals surface area (Å²) >= 11 is 0. The van der Waals surface area contributed by atoms with Crippen molar-refractivity contribution in [2.24, 2.45) is 10.9 Å². The molecule has 30 heavy (non-hydrogen) atoms. The number of guanidine groups is 1. The van der Waals surface area contributed by atoms with Gasteiger partial charge in [-0.3, -0.25) is 9.98 Å². The largest absolute Gasteiger partial charge is 0.444 e. The third-order valence-corrected chi connectivity index (χ3v) is 4.53. The molecular formula is C22H40IN5O2. The van der Waals surface area contributed by atoms with Crippen LogP contribution in [0.25, 0.3) is 0 Å². The van der Waals surface area contributed by atoms with Gasteiger partial charge >= 0.3 is 6.09 Å². The summed E-state index contributed by atoms with van der Waals surface area (Å²) in [5, 5.41) is 6.39. The fraction of sp³-hybridized carbons (Fsp3) is 0.682. The van der Waals surface area contributed by atoms with Gasteiger partial charge in [-0.25, -0.2) is 4.79 Å². The number of pyridine rings is 1. The summed E-state index contributed by atoms with van der Waals surface area (Å²) in [7, 11) is 3.79. The number of aryl methyl sites for hydroxylation is 1. The lowest BCUT2D eigenvalue weighted by Gasteiger charge is -2.28. The monoisotopic (exact) mass is 533 g/mol. The first kappa shape index (κ1) is 28.4. The molecule has 2 N–H and O–H groups in total. The van der Waals surface area contributed by atoms with E-state index in [0.29, 0.717) is 5.92 Å². The highest BCUT2D eigenvalue weighted by Gasteiger charge is 2.22. The summed E-state index contributed by atoms with van der Waals surface area (Å²) in [4.78, 5) is 22.9. The number of aliphatic imine (C=N–C) groups is 1. The molecule has 0 radical (unpaired) electrons. The minimum atomic E-state index is -0.499. The van der Waals surface area contributed by atoms with Gasteiger partial charge in [0, 0.05) is 45.1 Å². The standard InChI is InChI=1S/C22H39N5O2.HI/c1-16(2)19(26-21(28)29-22(4,5)6)12-14-27(8)20(23-7)24-13-11-18-10-9-17(3)25-15-18;/h9-10,15-16,19H,11-14H2,1-8H3,(H,23,24)(H,26,28);1H. The van der Waals surface area contributed by atoms with E-state index in [-0.39, 0.29) is 36.1 Å². The van der Waals surface area contributed by atoms with Crippen LogP contribution < -0.4 is 10.6 Å². The van der Waals surface area contributed by atoms with Crippen LogP contribution in [0.3, 0.4) is 0 Å². The van der Waals surface area contributed by atoms with Crippen LogP contribution in [0.4, 0.5) is 4.79 Å². The van der Waals surface area contributed by atoms with E-state index >= 15 is 0 Å². The number of nitrogens with zero attached hydrogens (tertiary/aromatic N) is 3. The summed E-state index contributed by atoms with van der Waals surface area (Å²) < 4.78 is 5.39. The van der Waals surface area contributed by atoms with E-state index in [2.05, 4.69) is 45.4 Å². The summed E-state index contributed by atoms with van der Waals surface area (Å²) in [6, 6.07) is 4.16. The van der Waals surface area contributed by atoms with E-state index in [1.807, 2.05) is 47.0 Å². The Morgan fingerprint density at radius 2 is 1.97 bits per heavy atom. The molecule has 1 aromatic heterocycles. The summed E-state index contributed by atoms with van der Waals surface area (Å²) in [5.74, 6) is 1.14. The summed E-state index contributed by atoms with van der Waals surface area (Å²) in [5.41, 5.74) is 1.72. The Hall–Kier alpha value is -1.58. The Bertz CT molecular complexity index is 656. The molecule has 8 heteroatoms. The molecule has 0 fully saturated rings. The van der Waals surface area contributed by atoms with E-state index in [0.717, 1.165) is 37.6 Å². The van der Waals surface area contributed by atoms with Crippen LogP contribution in [0.15, 0.2) is 23.3 Å². The number of amides is 1. The first-order valence-corrected chi connectivity index (χ1v) is 10.3. The molecule has 0 aromatic carbocycles. The van der Waals surface area contributed by atoms with Gasteiger partial charge in [0.25, 0.3) is 0 Å². The van der Waals surface area contributed by atoms with E-state index in [1.54, 1.807) is 7.05 Å². The molecule has 0 saturated heterocycles. The fourth-order valence-electron chi connectivity index (χ4n) is 2.82. The van der Waals surface area contributed by atoms with Crippen LogP contribution in [-0.2, 0) is 11.2 Å². The number of rotatable bonds is 8. The van der Waals surface area contributed by atoms with E-state index in [4.69, 9.17) is 4.74 Å². The van der Waals surface area contributed by atoms with Gasteiger partial charge in [-0.2, -0.15) is 0 Å². The third-order valence-electron chi connectivity index (χ3n) is 4.53. The number of aromatic nitrogens is 1. The highest BCUT2D eigenvalue weighted by Crippen LogP contribution is 2.11. The van der Waals surface area contributed by atoms with Gasteiger partial charge in [0.1, 0.15) is 5.60 Å². The summed E-state index contributed by atoms with van der Waals surface area (Å²) in [6.45, 7) is 13.3. The van der Waals surface area contributed by atoms with Crippen molar-refractivity contribution in [1.82, 2.24) is 20.5 Å². The lowest BCUT2D eigenvalue weighted by Crippen LogP contribution is -2.45. The topological polar surface area (TPSA) is 78.9 Å². The molecule has 1 unspecified atom stereocenters. The molecular weight excluding hydrogens is 493 g/mol. The van der Waals surface area contributed by atoms with Crippen molar-refractivity contribution in [1.29, 1.82) is 0 Å². The molecule has 0 saturated carbocycles. The van der Waals surface area contributed by atoms with Gasteiger partial charge in [0.2, 0.25) is 0 Å². The van der Waals surface area contributed by atoms with Gasteiger partial charge in [-0.15, -0.1) is 24.0 Å². The van der Waals surface area contributed by atoms with Crippen LogP contribution in [0.5, 0.6) is 0 Å². The molecule has 1 rings (SSSR count). The maximum atomic E-state index is 12.1. The zero-order valence-corrected chi connectivity index (χ0v) is 22.1. The third kappa shape index (κ3) is 11.6. The van der Waals surface area contributed by atoms with Crippen LogP contribution in [0.1, 0.15) is 52.3 Å². The highest BCUT2D eigenvalue weighted by molar-refractivity contribution is 14.0. The lowest BCUT2D eigenvalue weighted by atomic mass is 10.0. The number of carbonyl (C=O) groups is 1. The number of carbonyl (C=O) groups excluding carboxylic acids is 1. The van der Waals surface area contributed by atoms with Crippen molar-refractivity contribution in [3.8, 4) is 0 Å². The number of halogens is 1. The number of hydrogen-bond acceptors (Lipinski definition) is 4. The number of hydrogen-bond donors (Lipinski definition) is 2. The quantitative estimate of drug-likeness (QED) is 0.300. The first-order valence-electron chi connectivity index (χ1n) is 10.3. The molecule has 0 aliphatic rings. The lowest BCUT2D eigenvalue weighted by molar-refractivity contribution is 0.0486. The molecule has 0 bridgehead atoms. The average molecular weight is 533 g/mol. The van der Waals surface area contributed by atoms with Crippen molar-refractivity contribution in [2.45, 2.75) is 66.0 Å². The van der Waals surface area contributed by atoms with Crippen LogP contribution in [0.2, 0.25) is 0 Å². The normalized spacial score (nSPS) is 12.8. The Morgan fingerprint density at radius 3 is 2.47 bits per heavy atom. The Morgan fingerprint density at radius 1 is 1.30 bits per heavy atom. The van der Waals surface area contributed by atoms with Crippen molar-refractivity contribution >= 4 is 36.0 Å². The molecule has 0 aliphatic heterocycles. The second-order valence-electron chi connectivity index (χ2n) is 8.74. The van der Waals surface area contributed by atoms with Crippen molar-refractivity contribution in [2.75, 3.05) is 27.2 Å². The van der Waals surface area contributed by atoms with Crippen LogP contribution in [0, 0.1) is 12.8 Å². The molecule has 0 aliphatic carbocycles. The Kier molecular flexibility index (Phi) is 12.9. The smallest absolute Gasteiger partial charge is 0.407 e. The zero-order chi connectivity index (χ0) is 22.0. The molecule has 7 nitrogen and oxygen atoms in total. The molecule has 1 aromatic rings. The van der Waals surface area contributed by atoms with E-state index in [9.17, 15) is 4.79 Å². The maximum Gasteiger partial charge on any atom is 0.407 e. The second-order valence-corrected chi connectivity index (χ2v) is 8.74. The maximum absolute atomic E-state index is 12.1. The Labute approximate surface area is 199 Å². The average Bonchev–Trinajstić information content (AvgIpc) is 2.61. The number of alkyl carbamates (subject to hydrolysis) is 1. The number of nitrogens with one attached hydrogen (secondary N) is 2. The van der Waals surface area contributed by atoms with Gasteiger partial charge < -0.3 is 20.3 Å². The molecule has 1 heterocycles. The molecule has 1 amide bonds. The van der Waals surface area contributed by atoms with Gasteiger partial charge in [0.15, 0.2) is 5.96 Å². The van der Waals surface area contributed by atoms with Gasteiger partial charge in [-0.1, -0.05) is 19.9 Å². The van der Waals surface area contributed by atoms with Gasteiger partial charge in [0.05, 0.1) is 0 Å². The SMILES string of the molecule is CN=C(NCCc1ccc(C)nc1)N(C)CCC(NC(=O)OC(C)(C)C)C(C)C.I. The Balaban J connectivity index is 0.00000841. The predicted molar refractivity (Wildman–Crippen MR) is 135 cm³/mol. The van der Waals surface area contributed by atoms with Crippen LogP contribution in [-0.4, -0.2) is 60.8 Å². The van der Waals surface area contributed by atoms with Crippen LogP contribution >= 0.6 is 24.0 Å². The van der Waals surface area contributed by atoms with E-state index in [1.165, 1.54) is 5.56 Å². The molecule has 0 spiro atoms. The highest BCUT2D eigenvalue weighted by atomic mass is 127. The van der Waals surface area contributed by atoms with Gasteiger partial charge in [-0.05, 0) is 58.1 Å². The first-order chi connectivity index (χ1) is 13.5. The fourth-order valence-corrected chi connectivity index (χ4v) is 2.82. The predicted octanol–water partition coefficient (Wildman–Crippen LogP) is 4.00. The zero-order valence-electron chi connectivity index (χ0n) is 19.8. The molecule has 1 atom stereocenters. The molecule has 172 valence electrons. The summed E-state index contributed by atoms with van der Waals surface area (Å²) in [6.07, 6.45) is 3.23. The minimum absolute atomic E-state index is 0. The van der Waals surface area contributed by atoms with E-state index < -0.39 is 5.60 Å². The van der Waals surface area contributed by atoms with Crippen molar-refractivity contribution in [3.63, 3.8) is 0 Å². The van der Waals surface area contributed by atoms with Crippen molar-refractivity contribution < 1.29 is 9.53 Å². The van der Waals surface area contributed by atoms with Crippen molar-refractivity contribution in [3.05, 3.63) is 29.6 Å².